The fourth-order valence-corrected chi connectivity index (χ4v) is 2.44. The molecular weight excluding hydrogens is 328 g/mol. The van der Waals surface area contributed by atoms with Crippen molar-refractivity contribution < 1.29 is 24.5 Å². The number of aliphatic hydroxyl groups excluding tert-OH is 1. The van der Waals surface area contributed by atoms with E-state index in [4.69, 9.17) is 26.0 Å². The largest absolute Gasteiger partial charge is 0.493 e. The van der Waals surface area contributed by atoms with Crippen molar-refractivity contribution in [2.75, 3.05) is 14.2 Å². The van der Waals surface area contributed by atoms with Gasteiger partial charge in [0.15, 0.2) is 23.4 Å². The SMILES string of the molecule is COc1ccc(CC2=CNC(N)(CC(O)C(=O)O)N=C2N)cc1OC. The average molecular weight is 350 g/mol. The number of hydrogen-bond donors (Lipinski definition) is 5. The van der Waals surface area contributed by atoms with E-state index in [1.54, 1.807) is 26.5 Å². The molecule has 136 valence electrons. The standard InChI is InChI=1S/C16H22N4O5/c1-24-12-4-3-9(6-13(12)25-2)5-10-8-19-16(18,20-14(10)17)7-11(21)15(22)23/h3-4,6,8,11,19,21H,5,7,18H2,1-2H3,(H2,17,20)(H,22,23). The number of hydrogen-bond acceptors (Lipinski definition) is 8. The molecule has 25 heavy (non-hydrogen) atoms. The zero-order valence-electron chi connectivity index (χ0n) is 14.0. The van der Waals surface area contributed by atoms with E-state index in [-0.39, 0.29) is 12.3 Å². The van der Waals surface area contributed by atoms with Gasteiger partial charge in [0.2, 0.25) is 0 Å². The molecule has 0 aromatic heterocycles. The minimum atomic E-state index is -1.64. The number of carbonyl (C=O) groups is 1. The normalized spacial score (nSPS) is 20.8. The van der Waals surface area contributed by atoms with Crippen molar-refractivity contribution in [3.8, 4) is 11.5 Å². The molecule has 2 rings (SSSR count). The number of nitrogens with zero attached hydrogens (tertiary/aromatic N) is 1. The molecule has 0 radical (unpaired) electrons. The monoisotopic (exact) mass is 350 g/mol. The van der Waals surface area contributed by atoms with Crippen molar-refractivity contribution in [3.05, 3.63) is 35.5 Å². The average Bonchev–Trinajstić information content (AvgIpc) is 2.57. The van der Waals surface area contributed by atoms with E-state index in [1.807, 2.05) is 12.1 Å². The highest BCUT2D eigenvalue weighted by Gasteiger charge is 2.32. The minimum Gasteiger partial charge on any atom is -0.493 e. The minimum absolute atomic E-state index is 0.175. The van der Waals surface area contributed by atoms with Crippen LogP contribution in [0.2, 0.25) is 0 Å². The number of aliphatic imine (C=N–C) groups is 1. The van der Waals surface area contributed by atoms with Crippen LogP contribution < -0.4 is 26.3 Å². The van der Waals surface area contributed by atoms with Gasteiger partial charge in [0.1, 0.15) is 5.84 Å². The van der Waals surface area contributed by atoms with E-state index in [2.05, 4.69) is 10.3 Å². The molecule has 1 aliphatic heterocycles. The maximum atomic E-state index is 10.8. The van der Waals surface area contributed by atoms with Crippen molar-refractivity contribution in [2.45, 2.75) is 24.7 Å². The van der Waals surface area contributed by atoms with Gasteiger partial charge in [-0.3, -0.25) is 5.73 Å². The molecule has 0 amide bonds. The third-order valence-corrected chi connectivity index (χ3v) is 3.78. The number of nitrogens with two attached hydrogens (primary N) is 2. The number of carboxylic acids is 1. The molecule has 2 atom stereocenters. The lowest BCUT2D eigenvalue weighted by Gasteiger charge is -2.31. The highest BCUT2D eigenvalue weighted by atomic mass is 16.5. The fourth-order valence-electron chi connectivity index (χ4n) is 2.44. The molecule has 0 fully saturated rings. The van der Waals surface area contributed by atoms with Gasteiger partial charge in [0, 0.05) is 24.6 Å². The van der Waals surface area contributed by atoms with E-state index in [0.29, 0.717) is 23.5 Å². The van der Waals surface area contributed by atoms with Crippen molar-refractivity contribution >= 4 is 11.8 Å². The number of nitrogens with one attached hydrogen (secondary N) is 1. The molecule has 2 unspecified atom stereocenters. The Morgan fingerprint density at radius 3 is 2.60 bits per heavy atom. The Morgan fingerprint density at radius 2 is 2.04 bits per heavy atom. The fraction of sp³-hybridized carbons (Fsp3) is 0.375. The summed E-state index contributed by atoms with van der Waals surface area (Å²) in [5.74, 6) is -1.46. The second-order valence-electron chi connectivity index (χ2n) is 5.66. The van der Waals surface area contributed by atoms with Gasteiger partial charge < -0.3 is 30.7 Å². The van der Waals surface area contributed by atoms with Crippen LogP contribution in [0.25, 0.3) is 0 Å². The molecule has 0 spiro atoms. The number of benzene rings is 1. The van der Waals surface area contributed by atoms with Gasteiger partial charge in [-0.2, -0.15) is 0 Å². The molecule has 9 heteroatoms. The van der Waals surface area contributed by atoms with Gasteiger partial charge in [-0.15, -0.1) is 0 Å². The van der Waals surface area contributed by atoms with E-state index >= 15 is 0 Å². The lowest BCUT2D eigenvalue weighted by molar-refractivity contribution is -0.147. The maximum Gasteiger partial charge on any atom is 0.332 e. The first-order chi connectivity index (χ1) is 11.8. The Morgan fingerprint density at radius 1 is 1.36 bits per heavy atom. The summed E-state index contributed by atoms with van der Waals surface area (Å²) in [6, 6.07) is 5.48. The topological polar surface area (TPSA) is 152 Å². The molecule has 1 aliphatic rings. The molecular formula is C16H22N4O5. The molecule has 0 saturated heterocycles. The summed E-state index contributed by atoms with van der Waals surface area (Å²) in [7, 11) is 3.11. The van der Waals surface area contributed by atoms with Crippen LogP contribution in [0, 0.1) is 0 Å². The first kappa shape index (κ1) is 18.6. The van der Waals surface area contributed by atoms with Crippen LogP contribution in [-0.2, 0) is 11.2 Å². The highest BCUT2D eigenvalue weighted by molar-refractivity contribution is 5.98. The summed E-state index contributed by atoms with van der Waals surface area (Å²) >= 11 is 0. The van der Waals surface area contributed by atoms with Gasteiger partial charge in [0.25, 0.3) is 0 Å². The van der Waals surface area contributed by atoms with Crippen LogP contribution in [0.4, 0.5) is 0 Å². The summed E-state index contributed by atoms with van der Waals surface area (Å²) in [6.45, 7) is 0. The Labute approximate surface area is 144 Å². The third kappa shape index (κ3) is 4.40. The first-order valence-electron chi connectivity index (χ1n) is 7.51. The van der Waals surface area contributed by atoms with Crippen LogP contribution in [0.15, 0.2) is 35.0 Å². The lowest BCUT2D eigenvalue weighted by atomic mass is 10.0. The van der Waals surface area contributed by atoms with E-state index in [9.17, 15) is 9.90 Å². The zero-order valence-corrected chi connectivity index (χ0v) is 14.0. The molecule has 1 aromatic rings. The summed E-state index contributed by atoms with van der Waals surface area (Å²) in [4.78, 5) is 14.9. The summed E-state index contributed by atoms with van der Waals surface area (Å²) in [6.07, 6.45) is 0.0756. The second kappa shape index (κ2) is 7.41. The van der Waals surface area contributed by atoms with E-state index in [0.717, 1.165) is 5.56 Å². The molecule has 0 saturated carbocycles. The van der Waals surface area contributed by atoms with Crippen molar-refractivity contribution in [2.24, 2.45) is 16.5 Å². The number of aliphatic hydroxyl groups is 1. The summed E-state index contributed by atoms with van der Waals surface area (Å²) in [5, 5.41) is 21.0. The summed E-state index contributed by atoms with van der Waals surface area (Å²) in [5.41, 5.74) is 13.5. The number of rotatable bonds is 7. The smallest absolute Gasteiger partial charge is 0.332 e. The number of methoxy groups -OCH3 is 2. The van der Waals surface area contributed by atoms with Crippen LogP contribution in [-0.4, -0.2) is 48.1 Å². The lowest BCUT2D eigenvalue weighted by Crippen LogP contribution is -2.56. The van der Waals surface area contributed by atoms with Crippen molar-refractivity contribution in [1.82, 2.24) is 5.32 Å². The number of carboxylic acid groups (broad SMARTS) is 1. The van der Waals surface area contributed by atoms with Gasteiger partial charge in [0.05, 0.1) is 14.2 Å². The van der Waals surface area contributed by atoms with Gasteiger partial charge in [-0.05, 0) is 17.7 Å². The molecule has 1 aromatic carbocycles. The quantitative estimate of drug-likeness (QED) is 0.443. The molecule has 7 N–H and O–H groups in total. The van der Waals surface area contributed by atoms with Gasteiger partial charge >= 0.3 is 5.97 Å². The highest BCUT2D eigenvalue weighted by Crippen LogP contribution is 2.28. The molecule has 0 aliphatic carbocycles. The van der Waals surface area contributed by atoms with Crippen molar-refractivity contribution in [1.29, 1.82) is 0 Å². The Bertz CT molecular complexity index is 718. The molecule has 9 nitrogen and oxygen atoms in total. The number of aliphatic carboxylic acids is 1. The predicted octanol–water partition coefficient (Wildman–Crippen LogP) is -0.461. The van der Waals surface area contributed by atoms with Gasteiger partial charge in [-0.25, -0.2) is 9.79 Å². The Kier molecular flexibility index (Phi) is 5.50. The Balaban J connectivity index is 2.13. The first-order valence-corrected chi connectivity index (χ1v) is 7.51. The van der Waals surface area contributed by atoms with Crippen LogP contribution in [0.3, 0.4) is 0 Å². The van der Waals surface area contributed by atoms with E-state index in [1.165, 1.54) is 0 Å². The molecule has 0 bridgehead atoms. The van der Waals surface area contributed by atoms with E-state index < -0.39 is 17.9 Å². The van der Waals surface area contributed by atoms with Crippen LogP contribution >= 0.6 is 0 Å². The Hall–Kier alpha value is -2.78. The van der Waals surface area contributed by atoms with Crippen LogP contribution in [0.5, 0.6) is 11.5 Å². The van der Waals surface area contributed by atoms with Crippen molar-refractivity contribution in [3.63, 3.8) is 0 Å². The third-order valence-electron chi connectivity index (χ3n) is 3.78. The molecule has 1 heterocycles. The van der Waals surface area contributed by atoms with Gasteiger partial charge in [-0.1, -0.05) is 6.07 Å². The number of amidine groups is 1. The summed E-state index contributed by atoms with van der Waals surface area (Å²) < 4.78 is 10.5. The zero-order chi connectivity index (χ0) is 18.6. The van der Waals surface area contributed by atoms with Crippen LogP contribution in [0.1, 0.15) is 12.0 Å². The maximum absolute atomic E-state index is 10.8. The second-order valence-corrected chi connectivity index (χ2v) is 5.66. The predicted molar refractivity (Wildman–Crippen MR) is 91.3 cm³/mol. The number of ether oxygens (including phenoxy) is 2.